The summed E-state index contributed by atoms with van der Waals surface area (Å²) in [7, 11) is 0. The number of aliphatic hydroxyl groups is 1. The van der Waals surface area contributed by atoms with Gasteiger partial charge in [-0.3, -0.25) is 4.79 Å². The smallest absolute Gasteiger partial charge is 0.313 e. The highest BCUT2D eigenvalue weighted by Crippen LogP contribution is 2.25. The van der Waals surface area contributed by atoms with Gasteiger partial charge in [-0.05, 0) is 10.8 Å². The van der Waals surface area contributed by atoms with Crippen LogP contribution in [0.3, 0.4) is 0 Å². The van der Waals surface area contributed by atoms with Crippen LogP contribution in [0.15, 0.2) is 36.9 Å². The summed E-state index contributed by atoms with van der Waals surface area (Å²) < 4.78 is 0. The molecule has 2 atom stereocenters. The van der Waals surface area contributed by atoms with Crippen LogP contribution in [0, 0.1) is 5.92 Å². The van der Waals surface area contributed by atoms with Crippen molar-refractivity contribution in [2.75, 3.05) is 0 Å². The molecule has 1 aromatic heterocycles. The molecular weight excluding hydrogens is 248 g/mol. The van der Waals surface area contributed by atoms with Crippen molar-refractivity contribution < 1.29 is 15.0 Å². The second-order valence-electron chi connectivity index (χ2n) is 3.90. The summed E-state index contributed by atoms with van der Waals surface area (Å²) in [5.41, 5.74) is 1.20. The van der Waals surface area contributed by atoms with E-state index >= 15 is 0 Å². The van der Waals surface area contributed by atoms with Crippen molar-refractivity contribution in [3.05, 3.63) is 42.5 Å². The average molecular weight is 260 g/mol. The standard InChI is InChI=1S/C12H12N4O3/c1-2-9(12(18)19)10(17)7-3-5-8(6-4-7)11-13-15-16-14-11/h2-6,9-10,17H,1H2,(H,18,19)(H,13,14,15,16)/t9-,10-/m0/s1. The van der Waals surface area contributed by atoms with Crippen LogP contribution in [0.4, 0.5) is 0 Å². The molecular formula is C12H12N4O3. The molecule has 0 aliphatic heterocycles. The zero-order valence-corrected chi connectivity index (χ0v) is 9.89. The average Bonchev–Trinajstić information content (AvgIpc) is 2.93. The Kier molecular flexibility index (Phi) is 3.67. The first-order chi connectivity index (χ1) is 9.13. The number of aliphatic hydroxyl groups excluding tert-OH is 1. The van der Waals surface area contributed by atoms with E-state index in [0.29, 0.717) is 11.4 Å². The van der Waals surface area contributed by atoms with E-state index in [0.717, 1.165) is 5.56 Å². The molecule has 0 bridgehead atoms. The van der Waals surface area contributed by atoms with Crippen LogP contribution in [0.1, 0.15) is 11.7 Å². The molecule has 0 aliphatic rings. The summed E-state index contributed by atoms with van der Waals surface area (Å²) in [5, 5.41) is 32.3. The van der Waals surface area contributed by atoms with Crippen molar-refractivity contribution >= 4 is 5.97 Å². The molecule has 3 N–H and O–H groups in total. The van der Waals surface area contributed by atoms with E-state index in [1.165, 1.54) is 6.08 Å². The predicted octanol–water partition coefficient (Wildman–Crippen LogP) is 0.787. The van der Waals surface area contributed by atoms with Gasteiger partial charge in [-0.1, -0.05) is 30.3 Å². The third-order valence-electron chi connectivity index (χ3n) is 2.73. The number of carboxylic acids is 1. The molecule has 0 saturated carbocycles. The lowest BCUT2D eigenvalue weighted by Gasteiger charge is -2.16. The molecule has 1 heterocycles. The van der Waals surface area contributed by atoms with Crippen molar-refractivity contribution in [3.63, 3.8) is 0 Å². The quantitative estimate of drug-likeness (QED) is 0.685. The number of nitrogens with one attached hydrogen (secondary N) is 1. The molecule has 7 nitrogen and oxygen atoms in total. The fourth-order valence-electron chi connectivity index (χ4n) is 1.69. The highest BCUT2D eigenvalue weighted by molar-refractivity contribution is 5.73. The van der Waals surface area contributed by atoms with Crippen molar-refractivity contribution in [3.8, 4) is 11.4 Å². The van der Waals surface area contributed by atoms with E-state index in [1.807, 2.05) is 0 Å². The van der Waals surface area contributed by atoms with Crippen molar-refractivity contribution in [2.24, 2.45) is 5.92 Å². The van der Waals surface area contributed by atoms with Crippen LogP contribution < -0.4 is 0 Å². The number of hydrogen-bond donors (Lipinski definition) is 3. The van der Waals surface area contributed by atoms with Gasteiger partial charge in [0.1, 0.15) is 5.92 Å². The zero-order chi connectivity index (χ0) is 13.8. The molecule has 7 heteroatoms. The maximum absolute atomic E-state index is 10.9. The lowest BCUT2D eigenvalue weighted by atomic mass is 9.95. The minimum Gasteiger partial charge on any atom is -0.481 e. The van der Waals surface area contributed by atoms with Gasteiger partial charge in [-0.15, -0.1) is 16.8 Å². The molecule has 0 spiro atoms. The monoisotopic (exact) mass is 260 g/mol. The second kappa shape index (κ2) is 5.40. The summed E-state index contributed by atoms with van der Waals surface area (Å²) in [6.07, 6.45) is 0.0643. The number of rotatable bonds is 5. The topological polar surface area (TPSA) is 112 Å². The van der Waals surface area contributed by atoms with E-state index in [4.69, 9.17) is 5.11 Å². The van der Waals surface area contributed by atoms with Gasteiger partial charge in [0.05, 0.1) is 6.10 Å². The van der Waals surface area contributed by atoms with Gasteiger partial charge in [0, 0.05) is 5.56 Å². The van der Waals surface area contributed by atoms with Crippen LogP contribution in [0.5, 0.6) is 0 Å². The van der Waals surface area contributed by atoms with Gasteiger partial charge >= 0.3 is 5.97 Å². The van der Waals surface area contributed by atoms with Gasteiger partial charge in [0.15, 0.2) is 0 Å². The van der Waals surface area contributed by atoms with Crippen molar-refractivity contribution in [1.82, 2.24) is 20.6 Å². The first-order valence-corrected chi connectivity index (χ1v) is 5.50. The molecule has 2 aromatic rings. The predicted molar refractivity (Wildman–Crippen MR) is 65.9 cm³/mol. The van der Waals surface area contributed by atoms with Gasteiger partial charge in [-0.2, -0.15) is 5.21 Å². The minimum absolute atomic E-state index is 0.430. The van der Waals surface area contributed by atoms with E-state index in [2.05, 4.69) is 27.2 Å². The molecule has 2 rings (SSSR count). The maximum Gasteiger partial charge on any atom is 0.313 e. The largest absolute Gasteiger partial charge is 0.481 e. The van der Waals surface area contributed by atoms with Crippen LogP contribution in [-0.4, -0.2) is 36.8 Å². The molecule has 0 fully saturated rings. The molecule has 19 heavy (non-hydrogen) atoms. The number of aromatic nitrogens is 4. The number of hydrogen-bond acceptors (Lipinski definition) is 5. The molecule has 98 valence electrons. The summed E-state index contributed by atoms with van der Waals surface area (Å²) >= 11 is 0. The van der Waals surface area contributed by atoms with Crippen molar-refractivity contribution in [1.29, 1.82) is 0 Å². The van der Waals surface area contributed by atoms with Crippen molar-refractivity contribution in [2.45, 2.75) is 6.10 Å². The Morgan fingerprint density at radius 2 is 2.05 bits per heavy atom. The number of benzene rings is 1. The summed E-state index contributed by atoms with van der Waals surface area (Å²) in [4.78, 5) is 10.9. The van der Waals surface area contributed by atoms with E-state index in [9.17, 15) is 9.90 Å². The maximum atomic E-state index is 10.9. The Bertz CT molecular complexity index is 565. The number of carboxylic acid groups (broad SMARTS) is 1. The number of aromatic amines is 1. The summed E-state index contributed by atoms with van der Waals surface area (Å²) in [6, 6.07) is 6.61. The number of tetrazole rings is 1. The molecule has 0 aliphatic carbocycles. The Labute approximate surface area is 108 Å². The Morgan fingerprint density at radius 1 is 1.37 bits per heavy atom. The fraction of sp³-hybridized carbons (Fsp3) is 0.167. The molecule has 0 amide bonds. The Morgan fingerprint density at radius 3 is 2.53 bits per heavy atom. The third-order valence-corrected chi connectivity index (χ3v) is 2.73. The Hall–Kier alpha value is -2.54. The van der Waals surface area contributed by atoms with Gasteiger partial charge in [-0.25, -0.2) is 0 Å². The highest BCUT2D eigenvalue weighted by Gasteiger charge is 2.24. The Balaban J connectivity index is 2.23. The lowest BCUT2D eigenvalue weighted by molar-refractivity contribution is -0.143. The highest BCUT2D eigenvalue weighted by atomic mass is 16.4. The number of aliphatic carboxylic acids is 1. The fourth-order valence-corrected chi connectivity index (χ4v) is 1.69. The molecule has 1 aromatic carbocycles. The number of carbonyl (C=O) groups is 1. The minimum atomic E-state index is -1.14. The van der Waals surface area contributed by atoms with Crippen LogP contribution in [-0.2, 0) is 4.79 Å². The SMILES string of the molecule is C=C[C@H](C(=O)O)[C@@H](O)c1ccc(-c2nn[nH]n2)cc1. The number of nitrogens with zero attached hydrogens (tertiary/aromatic N) is 3. The van der Waals surface area contributed by atoms with E-state index < -0.39 is 18.0 Å². The van der Waals surface area contributed by atoms with Gasteiger partial charge in [0.25, 0.3) is 0 Å². The van der Waals surface area contributed by atoms with Crippen LogP contribution in [0.2, 0.25) is 0 Å². The van der Waals surface area contributed by atoms with Crippen LogP contribution in [0.25, 0.3) is 11.4 Å². The molecule has 0 saturated heterocycles. The normalized spacial score (nSPS) is 13.7. The zero-order valence-electron chi connectivity index (χ0n) is 9.89. The molecule has 0 unspecified atom stereocenters. The van der Waals surface area contributed by atoms with Gasteiger partial charge < -0.3 is 10.2 Å². The first kappa shape index (κ1) is 12.9. The third kappa shape index (κ3) is 2.66. The first-order valence-electron chi connectivity index (χ1n) is 5.50. The lowest BCUT2D eigenvalue weighted by Crippen LogP contribution is -2.19. The van der Waals surface area contributed by atoms with E-state index in [-0.39, 0.29) is 0 Å². The second-order valence-corrected chi connectivity index (χ2v) is 3.90. The summed E-state index contributed by atoms with van der Waals surface area (Å²) in [6.45, 7) is 3.41. The number of H-pyrrole nitrogens is 1. The molecule has 0 radical (unpaired) electrons. The van der Waals surface area contributed by atoms with Crippen LogP contribution >= 0.6 is 0 Å². The van der Waals surface area contributed by atoms with E-state index in [1.54, 1.807) is 24.3 Å². The summed E-state index contributed by atoms with van der Waals surface area (Å²) in [5.74, 6) is -1.74. The van der Waals surface area contributed by atoms with Gasteiger partial charge in [0.2, 0.25) is 5.82 Å².